The highest BCUT2D eigenvalue weighted by atomic mass is 35.5. The number of aromatic nitrogens is 2. The van der Waals surface area contributed by atoms with Crippen LogP contribution in [-0.4, -0.2) is 34.6 Å². The van der Waals surface area contributed by atoms with Crippen molar-refractivity contribution in [2.24, 2.45) is 5.41 Å². The number of nitrogen functional groups attached to an aromatic ring is 1. The minimum absolute atomic E-state index is 0.115. The number of carbonyl (C=O) groups excluding carboxylic acids is 1. The van der Waals surface area contributed by atoms with E-state index in [0.717, 1.165) is 48.1 Å². The highest BCUT2D eigenvalue weighted by Crippen LogP contribution is 2.38. The molecule has 1 aromatic carbocycles. The molecular weight excluding hydrogens is 432 g/mol. The molecule has 3 rings (SSSR count). The zero-order valence-electron chi connectivity index (χ0n) is 18.7. The molecule has 0 bridgehead atoms. The van der Waals surface area contributed by atoms with Gasteiger partial charge in [0, 0.05) is 24.4 Å². The van der Waals surface area contributed by atoms with Gasteiger partial charge in [0.15, 0.2) is 0 Å². The fourth-order valence-corrected chi connectivity index (χ4v) is 4.60. The summed E-state index contributed by atoms with van der Waals surface area (Å²) in [6.07, 6.45) is 6.91. The van der Waals surface area contributed by atoms with Gasteiger partial charge in [-0.3, -0.25) is 4.79 Å². The van der Waals surface area contributed by atoms with E-state index in [-0.39, 0.29) is 11.4 Å². The molecule has 31 heavy (non-hydrogen) atoms. The van der Waals surface area contributed by atoms with Crippen LogP contribution in [0.3, 0.4) is 0 Å². The van der Waals surface area contributed by atoms with Crippen molar-refractivity contribution in [3.8, 4) is 0 Å². The van der Waals surface area contributed by atoms with E-state index in [9.17, 15) is 4.79 Å². The number of esters is 1. The Morgan fingerprint density at radius 3 is 2.58 bits per heavy atom. The number of rotatable bonds is 6. The average Bonchev–Trinajstić information content (AvgIpc) is 2.70. The van der Waals surface area contributed by atoms with Crippen LogP contribution in [0.5, 0.6) is 0 Å². The van der Waals surface area contributed by atoms with Crippen LogP contribution in [0.25, 0.3) is 0 Å². The quantitative estimate of drug-likeness (QED) is 0.442. The molecule has 1 aromatic heterocycles. The predicted octanol–water partition coefficient (Wildman–Crippen LogP) is 5.59. The van der Waals surface area contributed by atoms with Crippen molar-refractivity contribution < 1.29 is 9.53 Å². The van der Waals surface area contributed by atoms with Crippen LogP contribution in [0.2, 0.25) is 5.02 Å². The van der Waals surface area contributed by atoms with Crippen LogP contribution in [-0.2, 0) is 9.53 Å². The molecule has 1 aliphatic rings. The molecule has 0 unspecified atom stereocenters. The molecule has 0 aliphatic carbocycles. The highest BCUT2D eigenvalue weighted by molar-refractivity contribution is 7.99. The van der Waals surface area contributed by atoms with Crippen LogP contribution in [0.4, 0.5) is 11.5 Å². The first-order valence-corrected chi connectivity index (χ1v) is 11.7. The molecular formula is C23H31ClN4O2S. The summed E-state index contributed by atoms with van der Waals surface area (Å²) in [5.41, 5.74) is 6.14. The summed E-state index contributed by atoms with van der Waals surface area (Å²) in [6.45, 7) is 9.76. The molecule has 1 aliphatic heterocycles. The monoisotopic (exact) mass is 462 g/mol. The average molecular weight is 463 g/mol. The molecule has 2 N–H and O–H groups in total. The lowest BCUT2D eigenvalue weighted by Gasteiger charge is -2.40. The van der Waals surface area contributed by atoms with Crippen LogP contribution in [0, 0.1) is 5.41 Å². The van der Waals surface area contributed by atoms with Gasteiger partial charge < -0.3 is 15.4 Å². The lowest BCUT2D eigenvalue weighted by molar-refractivity contribution is -0.155. The zero-order valence-corrected chi connectivity index (χ0v) is 20.2. The summed E-state index contributed by atoms with van der Waals surface area (Å²) in [5, 5.41) is 1.32. The Balaban J connectivity index is 1.52. The normalized spacial score (nSPS) is 16.2. The number of piperidine rings is 1. The molecule has 0 atom stereocenters. The Labute approximate surface area is 193 Å². The van der Waals surface area contributed by atoms with E-state index in [2.05, 4.69) is 21.8 Å². The van der Waals surface area contributed by atoms with Gasteiger partial charge in [-0.15, -0.1) is 0 Å². The molecule has 1 fully saturated rings. The summed E-state index contributed by atoms with van der Waals surface area (Å²) in [4.78, 5) is 24.3. The van der Waals surface area contributed by atoms with Gasteiger partial charge in [0.2, 0.25) is 0 Å². The van der Waals surface area contributed by atoms with E-state index < -0.39 is 5.60 Å². The smallest absolute Gasteiger partial charge is 0.306 e. The second-order valence-electron chi connectivity index (χ2n) is 9.36. The van der Waals surface area contributed by atoms with Crippen LogP contribution >= 0.6 is 23.4 Å². The van der Waals surface area contributed by atoms with Crippen molar-refractivity contribution in [3.63, 3.8) is 0 Å². The van der Waals surface area contributed by atoms with E-state index in [1.807, 2.05) is 39.1 Å². The van der Waals surface area contributed by atoms with Gasteiger partial charge >= 0.3 is 5.97 Å². The molecule has 0 amide bonds. The molecule has 168 valence electrons. The van der Waals surface area contributed by atoms with E-state index >= 15 is 0 Å². The fraction of sp³-hybridized carbons (Fsp3) is 0.522. The Hall–Kier alpha value is -1.99. The summed E-state index contributed by atoms with van der Waals surface area (Å²) < 4.78 is 5.45. The number of hydrogen-bond donors (Lipinski definition) is 1. The third kappa shape index (κ3) is 6.74. The maximum absolute atomic E-state index is 12.1. The van der Waals surface area contributed by atoms with Gasteiger partial charge in [-0.1, -0.05) is 36.4 Å². The first-order valence-electron chi connectivity index (χ1n) is 10.6. The second-order valence-corrected chi connectivity index (χ2v) is 10.8. The predicted molar refractivity (Wildman–Crippen MR) is 127 cm³/mol. The molecule has 0 radical (unpaired) electrons. The molecule has 8 heteroatoms. The van der Waals surface area contributed by atoms with Crippen LogP contribution in [0.1, 0.15) is 53.4 Å². The van der Waals surface area contributed by atoms with Crippen LogP contribution < -0.4 is 10.6 Å². The fourth-order valence-electron chi connectivity index (χ4n) is 3.57. The third-order valence-corrected chi connectivity index (χ3v) is 6.98. The Bertz CT molecular complexity index is 907. The highest BCUT2D eigenvalue weighted by Gasteiger charge is 2.31. The van der Waals surface area contributed by atoms with Gasteiger partial charge in [0.05, 0.1) is 23.1 Å². The van der Waals surface area contributed by atoms with Crippen molar-refractivity contribution in [1.82, 2.24) is 9.97 Å². The number of nitrogens with zero attached hydrogens (tertiary/aromatic N) is 3. The van der Waals surface area contributed by atoms with Crippen molar-refractivity contribution >= 4 is 40.8 Å². The van der Waals surface area contributed by atoms with Gasteiger partial charge in [-0.25, -0.2) is 9.97 Å². The van der Waals surface area contributed by atoms with Crippen molar-refractivity contribution in [1.29, 1.82) is 0 Å². The van der Waals surface area contributed by atoms with E-state index in [4.69, 9.17) is 22.1 Å². The van der Waals surface area contributed by atoms with Gasteiger partial charge in [-0.2, -0.15) is 0 Å². The number of nitrogens with two attached hydrogens (primary N) is 1. The largest absolute Gasteiger partial charge is 0.460 e. The maximum Gasteiger partial charge on any atom is 0.306 e. The van der Waals surface area contributed by atoms with E-state index in [0.29, 0.717) is 17.1 Å². The van der Waals surface area contributed by atoms with Gasteiger partial charge in [0.25, 0.3) is 0 Å². The SMILES string of the molecule is CC1(CCC(=O)OC(C)(C)C)CCN(c2cnc(Sc3cccc(N)c3Cl)cn2)CC1. The number of ether oxygens (including phenoxy) is 1. The van der Waals surface area contributed by atoms with Crippen molar-refractivity contribution in [2.45, 2.75) is 68.9 Å². The summed E-state index contributed by atoms with van der Waals surface area (Å²) in [5.74, 6) is 0.757. The van der Waals surface area contributed by atoms with Gasteiger partial charge in [0.1, 0.15) is 16.4 Å². The molecule has 6 nitrogen and oxygen atoms in total. The second kappa shape index (κ2) is 9.65. The number of anilines is 2. The van der Waals surface area contributed by atoms with Crippen molar-refractivity contribution in [2.75, 3.05) is 23.7 Å². The first-order chi connectivity index (χ1) is 14.5. The van der Waals surface area contributed by atoms with E-state index in [1.54, 1.807) is 12.3 Å². The minimum Gasteiger partial charge on any atom is -0.460 e. The number of benzene rings is 1. The Kier molecular flexibility index (Phi) is 7.37. The molecule has 1 saturated heterocycles. The third-order valence-electron chi connectivity index (χ3n) is 5.47. The molecule has 2 heterocycles. The maximum atomic E-state index is 12.1. The number of halogens is 1. The van der Waals surface area contributed by atoms with Gasteiger partial charge in [-0.05, 0) is 57.6 Å². The van der Waals surface area contributed by atoms with E-state index in [1.165, 1.54) is 11.8 Å². The summed E-state index contributed by atoms with van der Waals surface area (Å²) >= 11 is 7.72. The topological polar surface area (TPSA) is 81.3 Å². The number of hydrogen-bond acceptors (Lipinski definition) is 7. The lowest BCUT2D eigenvalue weighted by atomic mass is 9.76. The lowest BCUT2D eigenvalue weighted by Crippen LogP contribution is -2.39. The Morgan fingerprint density at radius 2 is 1.97 bits per heavy atom. The molecule has 2 aromatic rings. The standard InChI is InChI=1S/C23H31ClN4O2S/c1-22(2,3)30-20(29)8-9-23(4)10-12-28(13-11-23)18-14-27-19(15-26-18)31-17-7-5-6-16(25)21(17)24/h5-7,14-15H,8-13,25H2,1-4H3. The van der Waals surface area contributed by atoms with Crippen LogP contribution in [0.15, 0.2) is 40.5 Å². The Morgan fingerprint density at radius 1 is 1.26 bits per heavy atom. The summed E-state index contributed by atoms with van der Waals surface area (Å²) in [7, 11) is 0. The number of carbonyl (C=O) groups is 1. The molecule has 0 saturated carbocycles. The summed E-state index contributed by atoms with van der Waals surface area (Å²) in [6, 6.07) is 5.57. The minimum atomic E-state index is -0.428. The zero-order chi connectivity index (χ0) is 22.6. The first kappa shape index (κ1) is 23.7. The van der Waals surface area contributed by atoms with Crippen molar-refractivity contribution in [3.05, 3.63) is 35.6 Å². The molecule has 0 spiro atoms.